The van der Waals surface area contributed by atoms with Gasteiger partial charge >= 0.3 is 5.97 Å². The number of cyclic esters (lactones) is 1. The predicted octanol–water partition coefficient (Wildman–Crippen LogP) is 5.41. The molecule has 18 heteroatoms. The average molecular weight is 1090 g/mol. The second kappa shape index (κ2) is 29.3. The number of aliphatic hydroxyl groups excluding tert-OH is 4. The number of phenols is 1. The Balaban J connectivity index is 1.35. The van der Waals surface area contributed by atoms with Gasteiger partial charge in [-0.1, -0.05) is 110 Å². The Bertz CT molecular complexity index is 2340. The van der Waals surface area contributed by atoms with E-state index < -0.39 is 102 Å². The third-order valence-corrected chi connectivity index (χ3v) is 16.9. The highest BCUT2D eigenvalue weighted by Gasteiger charge is 2.57. The molecule has 3 saturated heterocycles. The maximum atomic E-state index is 14.5. The first-order chi connectivity index (χ1) is 36.9. The zero-order chi connectivity index (χ0) is 57.6. The van der Waals surface area contributed by atoms with Gasteiger partial charge in [-0.3, -0.25) is 29.0 Å². The van der Waals surface area contributed by atoms with Crippen molar-refractivity contribution < 1.29 is 63.8 Å². The van der Waals surface area contributed by atoms with E-state index >= 15 is 0 Å². The molecule has 17 atom stereocenters. The molecular weight excluding hydrogens is 999 g/mol. The van der Waals surface area contributed by atoms with Crippen LogP contribution in [0.25, 0.3) is 0 Å². The monoisotopic (exact) mass is 1090 g/mol. The first-order valence-corrected chi connectivity index (χ1v) is 28.4. The number of phenolic OH excluding ortho intramolecular Hbond substituents is 1. The predicted molar refractivity (Wildman–Crippen MR) is 295 cm³/mol. The zero-order valence-electron chi connectivity index (χ0n) is 47.6. The van der Waals surface area contributed by atoms with Gasteiger partial charge in [-0.05, 0) is 93.9 Å². The molecule has 4 aliphatic heterocycles. The van der Waals surface area contributed by atoms with Crippen LogP contribution in [0.1, 0.15) is 139 Å². The molecule has 0 saturated carbocycles. The highest BCUT2D eigenvalue weighted by atomic mass is 16.5. The van der Waals surface area contributed by atoms with E-state index in [1.807, 2.05) is 52.8 Å². The number of nitrogens with zero attached hydrogens (tertiary/aromatic N) is 1. The van der Waals surface area contributed by atoms with Crippen LogP contribution in [-0.4, -0.2) is 133 Å². The number of ketones is 1. The summed E-state index contributed by atoms with van der Waals surface area (Å²) >= 11 is 0. The molecule has 3 fully saturated rings. The van der Waals surface area contributed by atoms with Crippen LogP contribution in [0.2, 0.25) is 0 Å². The van der Waals surface area contributed by atoms with Crippen molar-refractivity contribution in [2.24, 2.45) is 47.3 Å². The summed E-state index contributed by atoms with van der Waals surface area (Å²) in [5.41, 5.74) is 3.27. The van der Waals surface area contributed by atoms with E-state index in [2.05, 4.69) is 28.3 Å². The molecule has 4 amide bonds. The van der Waals surface area contributed by atoms with Crippen LogP contribution in [0.4, 0.5) is 0 Å². The number of hydrogen-bond donors (Lipinski definition) is 9. The van der Waals surface area contributed by atoms with Gasteiger partial charge < -0.3 is 55.8 Å². The Morgan fingerprint density at radius 1 is 0.949 bits per heavy atom. The highest BCUT2D eigenvalue weighted by molar-refractivity contribution is 5.93. The number of piperidine rings is 1. The summed E-state index contributed by atoms with van der Waals surface area (Å²) in [4.78, 5) is 82.2. The molecule has 78 heavy (non-hydrogen) atoms. The number of hydrazine groups is 1. The minimum atomic E-state index is -1.43. The van der Waals surface area contributed by atoms with Crippen molar-refractivity contribution in [1.29, 1.82) is 0 Å². The number of aromatic hydroxyl groups is 1. The fourth-order valence-corrected chi connectivity index (χ4v) is 11.3. The van der Waals surface area contributed by atoms with Crippen LogP contribution >= 0.6 is 0 Å². The number of fused-ring (bicyclic) bond motifs is 2. The molecule has 434 valence electrons. The number of rotatable bonds is 15. The number of hydrogen-bond acceptors (Lipinski definition) is 14. The van der Waals surface area contributed by atoms with Crippen molar-refractivity contribution in [3.8, 4) is 5.75 Å². The molecule has 1 aromatic carbocycles. The summed E-state index contributed by atoms with van der Waals surface area (Å²) in [6, 6.07) is 2.90. The molecule has 1 spiro atoms. The highest BCUT2D eigenvalue weighted by Crippen LogP contribution is 2.46. The molecule has 2 bridgehead atoms. The Hall–Kier alpha value is -5.24. The Labute approximate surface area is 461 Å². The van der Waals surface area contributed by atoms with Crippen molar-refractivity contribution in [2.45, 2.75) is 200 Å². The fraction of sp³-hybridized carbons (Fsp3) is 0.667. The van der Waals surface area contributed by atoms with Gasteiger partial charge in [-0.2, -0.15) is 0 Å². The zero-order valence-corrected chi connectivity index (χ0v) is 47.6. The number of nitrogens with one attached hydrogen (secondary N) is 4. The lowest BCUT2D eigenvalue weighted by Gasteiger charge is -2.56. The Morgan fingerprint density at radius 2 is 1.68 bits per heavy atom. The standard InChI is InChI=1S/C60H91N5O13/c1-11-43-30-37(6)60(63-55(43)72)41(10)53(70)40(9)51(78-60)33-49(69)35(4)20-14-12-15-21-36(5)50-26-17-13-16-25-48(68)39(8)54(71)45(28-27-38(7)66)56(73)62-52(34(2)3)57(74)61-47(32-42-22-18-23-44(67)31-42)58(75)65-29-19-24-46(64-65)59(76)77-50/h12-13,15-18,21-23,25,31,34-35,37,39-41,43,45-54,64,67-71H,11,14,19-20,24,26-30,32-33H2,1-10H3,(H,61,74)(H,62,73)(H,63,72)/b15-12+,17-13-,25-16-,36-21+/t35-,37-,39-,40-,41-,43+,45+,46-,47+,48+,49-,50-,51-,52+,53+,54+,60+/m0/s1. The molecule has 0 aromatic heterocycles. The molecule has 0 aliphatic carbocycles. The third-order valence-electron chi connectivity index (χ3n) is 16.9. The number of allylic oxidation sites excluding steroid dienone is 5. The van der Waals surface area contributed by atoms with Crippen molar-refractivity contribution in [3.05, 3.63) is 77.9 Å². The van der Waals surface area contributed by atoms with E-state index in [0.29, 0.717) is 49.7 Å². The molecule has 18 nitrogen and oxygen atoms in total. The lowest BCUT2D eigenvalue weighted by molar-refractivity contribution is -0.267. The minimum absolute atomic E-state index is 0.0254. The van der Waals surface area contributed by atoms with Gasteiger partial charge in [0.15, 0.2) is 0 Å². The summed E-state index contributed by atoms with van der Waals surface area (Å²) in [5, 5.41) is 66.1. The number of aliphatic hydroxyl groups is 4. The second-order valence-corrected chi connectivity index (χ2v) is 23.2. The Kier molecular flexibility index (Phi) is 23.9. The SMILES string of the molecule is CC[C@@H]1C[C@H](C)[C@@]2(NC1=O)O[C@@H](C[C@H](O)[C@@H](C)CC/C=C/C=C(\C)[C@@H]1C/C=C\C=C/[C@@H](O)[C@H](C)[C@@H](O)[C@@H](CCC(C)=O)C(=O)N[C@H](C(C)C)C(=O)N[C@H](Cc3cccc(O)c3)C(=O)N3CCC[C@H](N3)C(=O)O1)[C@H](C)[C@@H](O)[C@@H]2C. The lowest BCUT2D eigenvalue weighted by Crippen LogP contribution is -2.71. The topological polar surface area (TPSA) is 273 Å². The summed E-state index contributed by atoms with van der Waals surface area (Å²) < 4.78 is 12.9. The summed E-state index contributed by atoms with van der Waals surface area (Å²) in [6.07, 6.45) is 10.6. The average Bonchev–Trinajstić information content (AvgIpc) is 3.51. The first kappa shape index (κ1) is 63.6. The smallest absolute Gasteiger partial charge is 0.325 e. The fourth-order valence-electron chi connectivity index (χ4n) is 11.3. The minimum Gasteiger partial charge on any atom is -0.508 e. The van der Waals surface area contributed by atoms with Crippen LogP contribution < -0.4 is 21.4 Å². The summed E-state index contributed by atoms with van der Waals surface area (Å²) in [7, 11) is 0. The molecule has 4 heterocycles. The molecule has 0 unspecified atom stereocenters. The van der Waals surface area contributed by atoms with Gasteiger partial charge in [-0.25, -0.2) is 5.43 Å². The van der Waals surface area contributed by atoms with E-state index in [4.69, 9.17) is 9.47 Å². The maximum Gasteiger partial charge on any atom is 0.325 e. The third kappa shape index (κ3) is 16.7. The number of carbonyl (C=O) groups excluding carboxylic acids is 6. The van der Waals surface area contributed by atoms with Crippen LogP contribution in [-0.2, 0) is 44.7 Å². The van der Waals surface area contributed by atoms with Gasteiger partial charge in [0.1, 0.15) is 41.5 Å². The van der Waals surface area contributed by atoms with Gasteiger partial charge in [0.05, 0.1) is 36.4 Å². The number of ether oxygens (including phenoxy) is 2. The van der Waals surface area contributed by atoms with Crippen LogP contribution in [0.3, 0.4) is 0 Å². The van der Waals surface area contributed by atoms with E-state index in [0.717, 1.165) is 6.42 Å². The summed E-state index contributed by atoms with van der Waals surface area (Å²) in [5.74, 6) is -6.33. The quantitative estimate of drug-likeness (QED) is 0.0786. The van der Waals surface area contributed by atoms with Gasteiger partial charge in [-0.15, -0.1) is 0 Å². The van der Waals surface area contributed by atoms with Gasteiger partial charge in [0.25, 0.3) is 5.91 Å². The molecule has 1 aromatic rings. The Morgan fingerprint density at radius 3 is 2.36 bits per heavy atom. The van der Waals surface area contributed by atoms with Gasteiger partial charge in [0.2, 0.25) is 17.7 Å². The van der Waals surface area contributed by atoms with Crippen molar-refractivity contribution in [1.82, 2.24) is 26.4 Å². The second-order valence-electron chi connectivity index (χ2n) is 23.2. The van der Waals surface area contributed by atoms with E-state index in [1.165, 1.54) is 30.1 Å². The van der Waals surface area contributed by atoms with Crippen molar-refractivity contribution in [3.63, 3.8) is 0 Å². The molecular formula is C60H91N5O13. The van der Waals surface area contributed by atoms with Crippen LogP contribution in [0, 0.1) is 47.3 Å². The molecule has 5 rings (SSSR count). The number of benzene rings is 1. The van der Waals surface area contributed by atoms with E-state index in [1.54, 1.807) is 51.1 Å². The largest absolute Gasteiger partial charge is 0.508 e. The maximum absolute atomic E-state index is 14.5. The number of esters is 1. The first-order valence-electron chi connectivity index (χ1n) is 28.4. The molecule has 4 aliphatic rings. The van der Waals surface area contributed by atoms with Crippen molar-refractivity contribution >= 4 is 35.4 Å². The van der Waals surface area contributed by atoms with Crippen LogP contribution in [0.15, 0.2) is 72.4 Å². The van der Waals surface area contributed by atoms with E-state index in [-0.39, 0.29) is 79.3 Å². The van der Waals surface area contributed by atoms with Gasteiger partial charge in [0, 0.05) is 61.8 Å². The summed E-state index contributed by atoms with van der Waals surface area (Å²) in [6.45, 7) is 18.3. The molecule has 9 N–H and O–H groups in total. The van der Waals surface area contributed by atoms with Crippen LogP contribution in [0.5, 0.6) is 5.75 Å². The van der Waals surface area contributed by atoms with E-state index in [9.17, 15) is 54.3 Å². The number of Topliss-reactive ketones (excluding diaryl/α,β-unsaturated/α-hetero) is 1. The number of carbonyl (C=O) groups is 6. The van der Waals surface area contributed by atoms with Crippen molar-refractivity contribution in [2.75, 3.05) is 6.54 Å². The molecule has 0 radical (unpaired) electrons. The number of amides is 4. The normalized spacial score (nSPS) is 34.9. The lowest BCUT2D eigenvalue weighted by atomic mass is 9.69.